The number of carbonyl (C=O) groups excluding carboxylic acids is 2. The molecule has 0 amide bonds. The first-order valence-electron chi connectivity index (χ1n) is 7.26. The second-order valence-corrected chi connectivity index (χ2v) is 5.88. The highest BCUT2D eigenvalue weighted by molar-refractivity contribution is 6.09. The lowest BCUT2D eigenvalue weighted by molar-refractivity contribution is -0.0980. The maximum Gasteiger partial charge on any atom is 0.193 e. The van der Waals surface area contributed by atoms with Gasteiger partial charge in [-0.1, -0.05) is 30.3 Å². The predicted molar refractivity (Wildman–Crippen MR) is 86.5 cm³/mol. The number of fused-ring (bicyclic) bond motifs is 1. The van der Waals surface area contributed by atoms with Crippen LogP contribution in [0.5, 0.6) is 5.75 Å². The molecule has 2 aromatic carbocycles. The molecule has 0 bridgehead atoms. The highest BCUT2D eigenvalue weighted by atomic mass is 16.5. The monoisotopic (exact) mass is 296 g/mol. The Labute approximate surface area is 130 Å². The Hall–Kier alpha value is -2.42. The topological polar surface area (TPSA) is 43.4 Å². The maximum atomic E-state index is 12.4. The van der Waals surface area contributed by atoms with Crippen LogP contribution in [0.25, 0.3) is 0 Å². The Kier molecular flexibility index (Phi) is 4.76. The first-order valence-corrected chi connectivity index (χ1v) is 7.26. The van der Waals surface area contributed by atoms with Crippen molar-refractivity contribution < 1.29 is 14.3 Å². The van der Waals surface area contributed by atoms with Gasteiger partial charge >= 0.3 is 0 Å². The third kappa shape index (κ3) is 3.42. The van der Waals surface area contributed by atoms with Crippen molar-refractivity contribution in [1.29, 1.82) is 0 Å². The van der Waals surface area contributed by atoms with Gasteiger partial charge in [-0.25, -0.2) is 0 Å². The first-order chi connectivity index (χ1) is 10.6. The van der Waals surface area contributed by atoms with Gasteiger partial charge in [-0.15, -0.1) is 0 Å². The molecule has 0 aliphatic carbocycles. The summed E-state index contributed by atoms with van der Waals surface area (Å²) in [6.45, 7) is 6.19. The van der Waals surface area contributed by atoms with Crippen LogP contribution in [-0.4, -0.2) is 18.2 Å². The van der Waals surface area contributed by atoms with Crippen LogP contribution in [-0.2, 0) is 11.2 Å². The van der Waals surface area contributed by atoms with Crippen LogP contribution in [0, 0.1) is 0 Å². The summed E-state index contributed by atoms with van der Waals surface area (Å²) in [6, 6.07) is 15.1. The Morgan fingerprint density at radius 2 is 1.73 bits per heavy atom. The van der Waals surface area contributed by atoms with Gasteiger partial charge in [-0.2, -0.15) is 0 Å². The van der Waals surface area contributed by atoms with E-state index in [-0.39, 0.29) is 11.4 Å². The summed E-state index contributed by atoms with van der Waals surface area (Å²) in [5.41, 5.74) is 2.48. The molecule has 0 atom stereocenters. The van der Waals surface area contributed by atoms with E-state index in [4.69, 9.17) is 9.53 Å². The van der Waals surface area contributed by atoms with E-state index in [1.807, 2.05) is 55.3 Å². The van der Waals surface area contributed by atoms with Crippen LogP contribution in [0.15, 0.2) is 48.5 Å². The number of carbonyl (C=O) groups is 2. The van der Waals surface area contributed by atoms with Crippen LogP contribution in [0.4, 0.5) is 0 Å². The molecule has 1 heterocycles. The molecule has 0 saturated carbocycles. The molecule has 2 aromatic rings. The van der Waals surface area contributed by atoms with Crippen molar-refractivity contribution >= 4 is 12.6 Å². The van der Waals surface area contributed by atoms with Crippen molar-refractivity contribution in [2.45, 2.75) is 32.3 Å². The molecule has 0 aromatic heterocycles. The number of aryl methyl sites for hydroxylation is 1. The summed E-state index contributed by atoms with van der Waals surface area (Å²) < 4.78 is 5.95. The van der Waals surface area contributed by atoms with Gasteiger partial charge in [0.25, 0.3) is 0 Å². The van der Waals surface area contributed by atoms with E-state index in [0.29, 0.717) is 0 Å². The van der Waals surface area contributed by atoms with E-state index in [1.54, 1.807) is 0 Å². The molecule has 0 spiro atoms. The van der Waals surface area contributed by atoms with Crippen molar-refractivity contribution in [2.24, 2.45) is 0 Å². The van der Waals surface area contributed by atoms with Crippen LogP contribution < -0.4 is 4.74 Å². The van der Waals surface area contributed by atoms with E-state index < -0.39 is 0 Å². The quantitative estimate of drug-likeness (QED) is 0.791. The first kappa shape index (κ1) is 16.0. The molecule has 1 aliphatic rings. The summed E-state index contributed by atoms with van der Waals surface area (Å²) in [5, 5.41) is 0. The van der Waals surface area contributed by atoms with Gasteiger partial charge in [-0.05, 0) is 50.5 Å². The number of rotatable bonds is 2. The highest BCUT2D eigenvalue weighted by Gasteiger charge is 2.26. The number of ketones is 1. The summed E-state index contributed by atoms with van der Waals surface area (Å²) in [6.07, 6.45) is 1.93. The molecule has 3 rings (SSSR count). The Morgan fingerprint density at radius 3 is 2.41 bits per heavy atom. The van der Waals surface area contributed by atoms with E-state index in [1.165, 1.54) is 0 Å². The van der Waals surface area contributed by atoms with Crippen LogP contribution >= 0.6 is 0 Å². The molecule has 0 unspecified atom stereocenters. The molecule has 0 saturated heterocycles. The molecule has 1 aliphatic heterocycles. The van der Waals surface area contributed by atoms with E-state index in [0.717, 1.165) is 35.3 Å². The molecule has 0 radical (unpaired) electrons. The van der Waals surface area contributed by atoms with Crippen LogP contribution in [0.2, 0.25) is 0 Å². The Balaban J connectivity index is 0.000000847. The minimum absolute atomic E-state index is 0.0678. The van der Waals surface area contributed by atoms with Gasteiger partial charge in [0.15, 0.2) is 5.78 Å². The summed E-state index contributed by atoms with van der Waals surface area (Å²) in [7, 11) is 0. The molecule has 22 heavy (non-hydrogen) atoms. The standard InChI is InChI=1S/C18H18O2.CH2O/c1-18(2)11-10-14-12-15(8-9-16(14)20-18)17(19)13-6-4-3-5-7-13;1-2/h3-9,12H,10-11H2,1-2H3;1H2. The van der Waals surface area contributed by atoms with Gasteiger partial charge in [0.05, 0.1) is 0 Å². The van der Waals surface area contributed by atoms with Gasteiger partial charge in [-0.3, -0.25) is 4.79 Å². The molecule has 3 heteroatoms. The minimum atomic E-state index is -0.113. The van der Waals surface area contributed by atoms with Crippen molar-refractivity contribution in [2.75, 3.05) is 0 Å². The lowest BCUT2D eigenvalue weighted by Crippen LogP contribution is -2.32. The summed E-state index contributed by atoms with van der Waals surface area (Å²) in [5.74, 6) is 0.976. The Morgan fingerprint density at radius 1 is 1.05 bits per heavy atom. The molecule has 114 valence electrons. The summed E-state index contributed by atoms with van der Waals surface area (Å²) in [4.78, 5) is 20.4. The Bertz CT molecular complexity index is 660. The van der Waals surface area contributed by atoms with Crippen LogP contribution in [0.1, 0.15) is 41.8 Å². The SMILES string of the molecule is C=O.CC1(C)CCc2cc(C(=O)c3ccccc3)ccc2O1. The van der Waals surface area contributed by atoms with Crippen molar-refractivity contribution in [3.05, 3.63) is 65.2 Å². The highest BCUT2D eigenvalue weighted by Crippen LogP contribution is 2.33. The van der Waals surface area contributed by atoms with Gasteiger partial charge < -0.3 is 9.53 Å². The van der Waals surface area contributed by atoms with Gasteiger partial charge in [0, 0.05) is 11.1 Å². The predicted octanol–water partition coefficient (Wildman–Crippen LogP) is 3.84. The largest absolute Gasteiger partial charge is 0.488 e. The average molecular weight is 296 g/mol. The van der Waals surface area contributed by atoms with E-state index in [2.05, 4.69) is 13.8 Å². The molecule has 3 nitrogen and oxygen atoms in total. The normalized spacial score (nSPS) is 14.8. The fourth-order valence-corrected chi connectivity index (χ4v) is 2.56. The van der Waals surface area contributed by atoms with Gasteiger partial charge in [0.1, 0.15) is 18.1 Å². The fourth-order valence-electron chi connectivity index (χ4n) is 2.56. The molecule has 0 N–H and O–H groups in total. The van der Waals surface area contributed by atoms with Crippen LogP contribution in [0.3, 0.4) is 0 Å². The van der Waals surface area contributed by atoms with Crippen molar-refractivity contribution in [1.82, 2.24) is 0 Å². The van der Waals surface area contributed by atoms with E-state index >= 15 is 0 Å². The number of benzene rings is 2. The van der Waals surface area contributed by atoms with Crippen molar-refractivity contribution in [3.8, 4) is 5.75 Å². The number of hydrogen-bond donors (Lipinski definition) is 0. The average Bonchev–Trinajstić information content (AvgIpc) is 2.55. The lowest BCUT2D eigenvalue weighted by Gasteiger charge is -2.32. The lowest BCUT2D eigenvalue weighted by atomic mass is 9.92. The van der Waals surface area contributed by atoms with Gasteiger partial charge in [0.2, 0.25) is 0 Å². The number of hydrogen-bond acceptors (Lipinski definition) is 3. The van der Waals surface area contributed by atoms with E-state index in [9.17, 15) is 4.79 Å². The summed E-state index contributed by atoms with van der Waals surface area (Å²) >= 11 is 0. The minimum Gasteiger partial charge on any atom is -0.488 e. The smallest absolute Gasteiger partial charge is 0.193 e. The molecule has 0 fully saturated rings. The fraction of sp³-hybridized carbons (Fsp3) is 0.263. The van der Waals surface area contributed by atoms with Crippen molar-refractivity contribution in [3.63, 3.8) is 0 Å². The molecular weight excluding hydrogens is 276 g/mol. The zero-order valence-corrected chi connectivity index (χ0v) is 13.0. The number of ether oxygens (including phenoxy) is 1. The third-order valence-electron chi connectivity index (χ3n) is 3.74. The third-order valence-corrected chi connectivity index (χ3v) is 3.74. The molecular formula is C19H20O3. The zero-order chi connectivity index (χ0) is 16.2. The second-order valence-electron chi connectivity index (χ2n) is 5.88. The second kappa shape index (κ2) is 6.56. The zero-order valence-electron chi connectivity index (χ0n) is 13.0. The maximum absolute atomic E-state index is 12.4.